The molecule has 0 amide bonds. The molecule has 2 aromatic carbocycles. The smallest absolute Gasteiger partial charge is 0.142 e. The monoisotopic (exact) mass is 417 g/mol. The first-order chi connectivity index (χ1) is 10.1. The SMILES string of the molecule is CCCNC(c1cccc(Br)c1F)c1cccc(Br)c1F. The molecule has 5 heteroatoms. The van der Waals surface area contributed by atoms with Crippen LogP contribution in [0.2, 0.25) is 0 Å². The predicted molar refractivity (Wildman–Crippen MR) is 88.3 cm³/mol. The van der Waals surface area contributed by atoms with Crippen molar-refractivity contribution in [3.63, 3.8) is 0 Å². The van der Waals surface area contributed by atoms with Crippen LogP contribution >= 0.6 is 31.9 Å². The molecule has 0 unspecified atom stereocenters. The van der Waals surface area contributed by atoms with Crippen LogP contribution in [0.4, 0.5) is 8.78 Å². The largest absolute Gasteiger partial charge is 0.306 e. The summed E-state index contributed by atoms with van der Waals surface area (Å²) >= 11 is 6.36. The first-order valence-corrected chi connectivity index (χ1v) is 8.26. The Kier molecular flexibility index (Phi) is 5.90. The fourth-order valence-corrected chi connectivity index (χ4v) is 2.93. The molecule has 0 aliphatic carbocycles. The summed E-state index contributed by atoms with van der Waals surface area (Å²) in [6.45, 7) is 2.68. The van der Waals surface area contributed by atoms with Gasteiger partial charge < -0.3 is 5.32 Å². The highest BCUT2D eigenvalue weighted by atomic mass is 79.9. The maximum Gasteiger partial charge on any atom is 0.142 e. The van der Waals surface area contributed by atoms with Crippen molar-refractivity contribution in [1.82, 2.24) is 5.32 Å². The molecule has 0 aliphatic rings. The maximum atomic E-state index is 14.4. The van der Waals surface area contributed by atoms with Gasteiger partial charge >= 0.3 is 0 Å². The van der Waals surface area contributed by atoms with E-state index in [1.54, 1.807) is 36.4 Å². The summed E-state index contributed by atoms with van der Waals surface area (Å²) in [6.07, 6.45) is 0.877. The number of nitrogens with one attached hydrogen (secondary N) is 1. The predicted octanol–water partition coefficient (Wildman–Crippen LogP) is 5.58. The maximum absolute atomic E-state index is 14.4. The fourth-order valence-electron chi connectivity index (χ4n) is 2.16. The summed E-state index contributed by atoms with van der Waals surface area (Å²) in [5, 5.41) is 3.22. The molecule has 0 aromatic heterocycles. The van der Waals surface area contributed by atoms with E-state index < -0.39 is 6.04 Å². The minimum absolute atomic E-state index is 0.370. The van der Waals surface area contributed by atoms with Crippen molar-refractivity contribution >= 4 is 31.9 Å². The van der Waals surface area contributed by atoms with E-state index in [0.717, 1.165) is 6.42 Å². The van der Waals surface area contributed by atoms with Gasteiger partial charge in [-0.1, -0.05) is 31.2 Å². The molecular formula is C16H15Br2F2N. The lowest BCUT2D eigenvalue weighted by Gasteiger charge is -2.21. The van der Waals surface area contributed by atoms with E-state index >= 15 is 0 Å². The van der Waals surface area contributed by atoms with Gasteiger partial charge in [-0.3, -0.25) is 0 Å². The topological polar surface area (TPSA) is 12.0 Å². The number of halogens is 4. The lowest BCUT2D eigenvalue weighted by atomic mass is 9.97. The number of hydrogen-bond acceptors (Lipinski definition) is 1. The molecule has 0 radical (unpaired) electrons. The minimum Gasteiger partial charge on any atom is -0.306 e. The number of hydrogen-bond donors (Lipinski definition) is 1. The van der Waals surface area contributed by atoms with Gasteiger partial charge in [0.25, 0.3) is 0 Å². The van der Waals surface area contributed by atoms with Gasteiger partial charge in [-0.15, -0.1) is 0 Å². The van der Waals surface area contributed by atoms with Crippen LogP contribution in [-0.2, 0) is 0 Å². The standard InChI is InChI=1S/C16H15Br2F2N/c1-2-9-21-16(10-5-3-7-12(17)14(10)19)11-6-4-8-13(18)15(11)20/h3-8,16,21H,2,9H2,1H3. The van der Waals surface area contributed by atoms with Gasteiger partial charge in [0.1, 0.15) is 11.6 Å². The zero-order chi connectivity index (χ0) is 15.4. The molecule has 1 N–H and O–H groups in total. The molecule has 2 aromatic rings. The zero-order valence-corrected chi connectivity index (χ0v) is 14.6. The van der Waals surface area contributed by atoms with Crippen LogP contribution in [0, 0.1) is 11.6 Å². The third-order valence-corrected chi connectivity index (χ3v) is 4.41. The van der Waals surface area contributed by atoms with Gasteiger partial charge in [-0.05, 0) is 57.0 Å². The van der Waals surface area contributed by atoms with Gasteiger partial charge in [-0.25, -0.2) is 8.78 Å². The van der Waals surface area contributed by atoms with Crippen molar-refractivity contribution in [2.75, 3.05) is 6.54 Å². The molecule has 1 nitrogen and oxygen atoms in total. The highest BCUT2D eigenvalue weighted by Crippen LogP contribution is 2.31. The lowest BCUT2D eigenvalue weighted by Crippen LogP contribution is -2.25. The Balaban J connectivity index is 2.52. The van der Waals surface area contributed by atoms with Crippen LogP contribution < -0.4 is 5.32 Å². The second-order valence-electron chi connectivity index (χ2n) is 4.67. The van der Waals surface area contributed by atoms with Gasteiger partial charge in [0.15, 0.2) is 0 Å². The Labute approximate surface area is 140 Å². The van der Waals surface area contributed by atoms with Crippen LogP contribution in [0.3, 0.4) is 0 Å². The summed E-state index contributed by atoms with van der Waals surface area (Å²) in [4.78, 5) is 0. The van der Waals surface area contributed by atoms with Crippen molar-refractivity contribution in [2.45, 2.75) is 19.4 Å². The molecule has 0 aliphatic heterocycles. The molecule has 0 atom stereocenters. The first kappa shape index (κ1) is 16.6. The summed E-state index contributed by atoms with van der Waals surface area (Å²) in [6, 6.07) is 9.58. The van der Waals surface area contributed by atoms with Crippen LogP contribution in [0.15, 0.2) is 45.3 Å². The summed E-state index contributed by atoms with van der Waals surface area (Å²) in [5.41, 5.74) is 0.852. The average molecular weight is 419 g/mol. The Morgan fingerprint density at radius 3 is 1.86 bits per heavy atom. The zero-order valence-electron chi connectivity index (χ0n) is 11.5. The van der Waals surface area contributed by atoms with Crippen molar-refractivity contribution in [3.05, 3.63) is 68.1 Å². The molecule has 112 valence electrons. The Hall–Kier alpha value is -0.780. The second kappa shape index (κ2) is 7.47. The molecule has 0 spiro atoms. The van der Waals surface area contributed by atoms with Crippen LogP contribution in [0.5, 0.6) is 0 Å². The van der Waals surface area contributed by atoms with E-state index in [0.29, 0.717) is 26.6 Å². The van der Waals surface area contributed by atoms with Gasteiger partial charge in [-0.2, -0.15) is 0 Å². The summed E-state index contributed by atoms with van der Waals surface area (Å²) in [5.74, 6) is -0.740. The molecule has 0 fully saturated rings. The van der Waals surface area contributed by atoms with Crippen LogP contribution in [-0.4, -0.2) is 6.54 Å². The van der Waals surface area contributed by atoms with E-state index in [9.17, 15) is 8.78 Å². The first-order valence-electron chi connectivity index (χ1n) is 6.67. The number of rotatable bonds is 5. The molecule has 0 bridgehead atoms. The molecule has 0 heterocycles. The normalized spacial score (nSPS) is 11.1. The highest BCUT2D eigenvalue weighted by Gasteiger charge is 2.22. The van der Waals surface area contributed by atoms with E-state index in [-0.39, 0.29) is 11.6 Å². The Bertz CT molecular complexity index is 580. The van der Waals surface area contributed by atoms with Crippen LogP contribution in [0.1, 0.15) is 30.5 Å². The van der Waals surface area contributed by atoms with Crippen molar-refractivity contribution < 1.29 is 8.78 Å². The van der Waals surface area contributed by atoms with Gasteiger partial charge in [0.05, 0.1) is 15.0 Å². The average Bonchev–Trinajstić information content (AvgIpc) is 2.47. The van der Waals surface area contributed by atoms with Crippen molar-refractivity contribution in [3.8, 4) is 0 Å². The minimum atomic E-state index is -0.528. The van der Waals surface area contributed by atoms with E-state index in [1.807, 2.05) is 6.92 Å². The lowest BCUT2D eigenvalue weighted by molar-refractivity contribution is 0.516. The Morgan fingerprint density at radius 2 is 1.43 bits per heavy atom. The van der Waals surface area contributed by atoms with Gasteiger partial charge in [0, 0.05) is 11.1 Å². The fraction of sp³-hybridized carbons (Fsp3) is 0.250. The molecule has 2 rings (SSSR count). The third kappa shape index (κ3) is 3.71. The quantitative estimate of drug-likeness (QED) is 0.668. The molecule has 0 saturated carbocycles. The van der Waals surface area contributed by atoms with E-state index in [1.165, 1.54) is 0 Å². The third-order valence-electron chi connectivity index (χ3n) is 3.18. The molecule has 0 saturated heterocycles. The molecule has 21 heavy (non-hydrogen) atoms. The van der Waals surface area contributed by atoms with Crippen LogP contribution in [0.25, 0.3) is 0 Å². The second-order valence-corrected chi connectivity index (χ2v) is 6.38. The Morgan fingerprint density at radius 1 is 0.952 bits per heavy atom. The van der Waals surface area contributed by atoms with Crippen molar-refractivity contribution in [1.29, 1.82) is 0 Å². The van der Waals surface area contributed by atoms with E-state index in [4.69, 9.17) is 0 Å². The highest BCUT2D eigenvalue weighted by molar-refractivity contribution is 9.10. The summed E-state index contributed by atoms with van der Waals surface area (Å²) in [7, 11) is 0. The summed E-state index contributed by atoms with van der Waals surface area (Å²) < 4.78 is 29.5. The molecular weight excluding hydrogens is 404 g/mol. The van der Waals surface area contributed by atoms with Gasteiger partial charge in [0.2, 0.25) is 0 Å². The number of benzene rings is 2. The van der Waals surface area contributed by atoms with E-state index in [2.05, 4.69) is 37.2 Å². The van der Waals surface area contributed by atoms with Crippen molar-refractivity contribution in [2.24, 2.45) is 0 Å².